The van der Waals surface area contributed by atoms with E-state index in [0.717, 1.165) is 38.5 Å². The number of carbonyl (C=O) groups is 1. The molecule has 116 valence electrons. The lowest BCUT2D eigenvalue weighted by Crippen LogP contribution is -2.46. The van der Waals surface area contributed by atoms with E-state index in [-0.39, 0.29) is 11.9 Å². The molecule has 5 nitrogen and oxygen atoms in total. The molecular weight excluding hydrogens is 284 g/mol. The highest BCUT2D eigenvalue weighted by Crippen LogP contribution is 2.36. The Balaban J connectivity index is 2.23. The van der Waals surface area contributed by atoms with Crippen LogP contribution in [0.25, 0.3) is 0 Å². The predicted octanol–water partition coefficient (Wildman–Crippen LogP) is 3.03. The monoisotopic (exact) mass is 308 g/mol. The molecule has 0 bridgehead atoms. The molecule has 0 aromatic carbocycles. The second-order valence-corrected chi connectivity index (χ2v) is 6.51. The number of aromatic nitrogens is 2. The summed E-state index contributed by atoms with van der Waals surface area (Å²) in [6.07, 6.45) is 7.44. The minimum Gasteiger partial charge on any atom is -0.392 e. The van der Waals surface area contributed by atoms with Crippen LogP contribution in [0.2, 0.25) is 0 Å². The standard InChI is InChI=1S/C15H24N4OS/c1-11(2)19-12(7-10-17-19)18-14(20)15(13(16)21)8-5-3-4-6-9-15/h7,10-11H,3-6,8-9H2,1-2H3,(H2,16,21)(H,18,20). The Morgan fingerprint density at radius 1 is 1.38 bits per heavy atom. The third-order valence-corrected chi connectivity index (χ3v) is 4.66. The zero-order valence-corrected chi connectivity index (χ0v) is 13.6. The van der Waals surface area contributed by atoms with Gasteiger partial charge in [0.05, 0.1) is 16.6 Å². The summed E-state index contributed by atoms with van der Waals surface area (Å²) in [7, 11) is 0. The van der Waals surface area contributed by atoms with Crippen molar-refractivity contribution in [2.45, 2.75) is 58.4 Å². The van der Waals surface area contributed by atoms with Gasteiger partial charge in [0.2, 0.25) is 5.91 Å². The fourth-order valence-corrected chi connectivity index (χ4v) is 3.28. The Hall–Kier alpha value is -1.43. The average molecular weight is 308 g/mol. The van der Waals surface area contributed by atoms with Crippen molar-refractivity contribution in [3.05, 3.63) is 12.3 Å². The Morgan fingerprint density at radius 3 is 2.52 bits per heavy atom. The molecule has 1 aliphatic carbocycles. The minimum absolute atomic E-state index is 0.0840. The summed E-state index contributed by atoms with van der Waals surface area (Å²) in [6, 6.07) is 1.99. The van der Waals surface area contributed by atoms with Gasteiger partial charge in [-0.3, -0.25) is 4.79 Å². The Morgan fingerprint density at radius 2 is 2.00 bits per heavy atom. The van der Waals surface area contributed by atoms with Gasteiger partial charge in [-0.1, -0.05) is 37.9 Å². The average Bonchev–Trinajstić information content (AvgIpc) is 2.74. The third kappa shape index (κ3) is 3.26. The molecule has 1 saturated carbocycles. The van der Waals surface area contributed by atoms with E-state index >= 15 is 0 Å². The van der Waals surface area contributed by atoms with Gasteiger partial charge in [-0.15, -0.1) is 0 Å². The van der Waals surface area contributed by atoms with Crippen molar-refractivity contribution < 1.29 is 4.79 Å². The van der Waals surface area contributed by atoms with E-state index in [2.05, 4.69) is 10.4 Å². The first-order valence-corrected chi connectivity index (χ1v) is 8.03. The summed E-state index contributed by atoms with van der Waals surface area (Å²) >= 11 is 5.24. The molecule has 0 unspecified atom stereocenters. The first kappa shape index (κ1) is 15.9. The number of carbonyl (C=O) groups excluding carboxylic acids is 1. The SMILES string of the molecule is CC(C)n1nccc1NC(=O)C1(C(N)=S)CCCCCC1. The number of hydrogen-bond donors (Lipinski definition) is 2. The highest BCUT2D eigenvalue weighted by Gasteiger charge is 2.41. The maximum Gasteiger partial charge on any atom is 0.238 e. The molecule has 0 atom stereocenters. The molecular formula is C15H24N4OS. The second-order valence-electron chi connectivity index (χ2n) is 6.07. The topological polar surface area (TPSA) is 72.9 Å². The van der Waals surface area contributed by atoms with Gasteiger partial charge in [-0.25, -0.2) is 4.68 Å². The zero-order valence-electron chi connectivity index (χ0n) is 12.8. The van der Waals surface area contributed by atoms with E-state index in [9.17, 15) is 4.79 Å². The van der Waals surface area contributed by atoms with E-state index in [1.165, 1.54) is 0 Å². The zero-order chi connectivity index (χ0) is 15.5. The van der Waals surface area contributed by atoms with Crippen LogP contribution >= 0.6 is 12.2 Å². The number of nitrogens with one attached hydrogen (secondary N) is 1. The number of rotatable bonds is 4. The maximum absolute atomic E-state index is 12.8. The van der Waals surface area contributed by atoms with Crippen molar-refractivity contribution in [2.24, 2.45) is 11.1 Å². The number of hydrogen-bond acceptors (Lipinski definition) is 3. The van der Waals surface area contributed by atoms with Crippen LogP contribution in [0, 0.1) is 5.41 Å². The van der Waals surface area contributed by atoms with Crippen LogP contribution < -0.4 is 11.1 Å². The van der Waals surface area contributed by atoms with Gasteiger partial charge < -0.3 is 11.1 Å². The van der Waals surface area contributed by atoms with Crippen LogP contribution in [-0.2, 0) is 4.79 Å². The minimum atomic E-state index is -0.710. The molecule has 1 amide bonds. The molecule has 0 radical (unpaired) electrons. The van der Waals surface area contributed by atoms with Crippen molar-refractivity contribution in [3.63, 3.8) is 0 Å². The summed E-state index contributed by atoms with van der Waals surface area (Å²) in [5, 5.41) is 7.22. The van der Waals surface area contributed by atoms with Gasteiger partial charge in [0, 0.05) is 12.1 Å². The fraction of sp³-hybridized carbons (Fsp3) is 0.667. The Labute approximate surface area is 131 Å². The van der Waals surface area contributed by atoms with E-state index in [0.29, 0.717) is 10.8 Å². The highest BCUT2D eigenvalue weighted by molar-refractivity contribution is 7.80. The van der Waals surface area contributed by atoms with Crippen LogP contribution in [0.1, 0.15) is 58.4 Å². The van der Waals surface area contributed by atoms with Crippen LogP contribution in [0.15, 0.2) is 12.3 Å². The van der Waals surface area contributed by atoms with E-state index in [1.807, 2.05) is 19.9 Å². The number of anilines is 1. The number of nitrogens with two attached hydrogens (primary N) is 1. The molecule has 1 heterocycles. The molecule has 0 spiro atoms. The summed E-state index contributed by atoms with van der Waals surface area (Å²) in [4.78, 5) is 13.2. The van der Waals surface area contributed by atoms with Crippen molar-refractivity contribution >= 4 is 28.9 Å². The summed E-state index contributed by atoms with van der Waals surface area (Å²) in [5.74, 6) is 0.620. The molecule has 2 rings (SSSR count). The lowest BCUT2D eigenvalue weighted by atomic mass is 9.79. The maximum atomic E-state index is 12.8. The normalized spacial score (nSPS) is 18.2. The first-order chi connectivity index (χ1) is 9.97. The summed E-state index contributed by atoms with van der Waals surface area (Å²) in [6.45, 7) is 4.05. The van der Waals surface area contributed by atoms with Gasteiger partial charge in [-0.2, -0.15) is 5.10 Å². The summed E-state index contributed by atoms with van der Waals surface area (Å²) in [5.41, 5.74) is 5.24. The van der Waals surface area contributed by atoms with Crippen LogP contribution in [0.5, 0.6) is 0 Å². The van der Waals surface area contributed by atoms with Crippen molar-refractivity contribution in [3.8, 4) is 0 Å². The van der Waals surface area contributed by atoms with Crippen LogP contribution in [0.4, 0.5) is 5.82 Å². The molecule has 3 N–H and O–H groups in total. The fourth-order valence-electron chi connectivity index (χ4n) is 2.98. The van der Waals surface area contributed by atoms with E-state index < -0.39 is 5.41 Å². The van der Waals surface area contributed by atoms with Crippen molar-refractivity contribution in [1.82, 2.24) is 9.78 Å². The largest absolute Gasteiger partial charge is 0.392 e. The van der Waals surface area contributed by atoms with Gasteiger partial charge in [0.15, 0.2) is 0 Å². The number of amides is 1. The lowest BCUT2D eigenvalue weighted by Gasteiger charge is -2.30. The van der Waals surface area contributed by atoms with E-state index in [4.69, 9.17) is 18.0 Å². The van der Waals surface area contributed by atoms with Gasteiger partial charge in [0.1, 0.15) is 5.82 Å². The highest BCUT2D eigenvalue weighted by atomic mass is 32.1. The third-order valence-electron chi connectivity index (χ3n) is 4.26. The number of nitrogens with zero attached hydrogens (tertiary/aromatic N) is 2. The van der Waals surface area contributed by atoms with Gasteiger partial charge in [0.25, 0.3) is 0 Å². The molecule has 21 heavy (non-hydrogen) atoms. The number of thiocarbonyl (C=S) groups is 1. The Bertz CT molecular complexity index is 515. The van der Waals surface area contributed by atoms with Crippen molar-refractivity contribution in [1.29, 1.82) is 0 Å². The van der Waals surface area contributed by atoms with Gasteiger partial charge >= 0.3 is 0 Å². The molecule has 0 aliphatic heterocycles. The lowest BCUT2D eigenvalue weighted by molar-refractivity contribution is -0.122. The molecule has 1 fully saturated rings. The molecule has 6 heteroatoms. The van der Waals surface area contributed by atoms with Crippen LogP contribution in [0.3, 0.4) is 0 Å². The van der Waals surface area contributed by atoms with E-state index in [1.54, 1.807) is 10.9 Å². The molecule has 1 aromatic heterocycles. The first-order valence-electron chi connectivity index (χ1n) is 7.62. The van der Waals surface area contributed by atoms with Gasteiger partial charge in [-0.05, 0) is 26.7 Å². The molecule has 1 aliphatic rings. The summed E-state index contributed by atoms with van der Waals surface area (Å²) < 4.78 is 1.79. The second kappa shape index (κ2) is 6.56. The molecule has 1 aromatic rings. The van der Waals surface area contributed by atoms with Crippen molar-refractivity contribution in [2.75, 3.05) is 5.32 Å². The Kier molecular flexibility index (Phi) is 4.98. The predicted molar refractivity (Wildman–Crippen MR) is 88.2 cm³/mol. The smallest absolute Gasteiger partial charge is 0.238 e. The van der Waals surface area contributed by atoms with Crippen LogP contribution in [-0.4, -0.2) is 20.7 Å². The quantitative estimate of drug-likeness (QED) is 0.662. The molecule has 0 saturated heterocycles.